The van der Waals surface area contributed by atoms with Crippen LogP contribution in [0.15, 0.2) is 0 Å². The molecule has 0 radical (unpaired) electrons. The molecule has 1 fully saturated rings. The lowest BCUT2D eigenvalue weighted by atomic mass is 10.3. The number of hydrogen-bond acceptors (Lipinski definition) is 4. The summed E-state index contributed by atoms with van der Waals surface area (Å²) in [5, 5.41) is 9.44. The highest BCUT2D eigenvalue weighted by Crippen LogP contribution is 2.03. The minimum absolute atomic E-state index is 0.358. The number of aliphatic hydroxyl groups excluding tert-OH is 1. The summed E-state index contributed by atoms with van der Waals surface area (Å²) >= 11 is 0. The van der Waals surface area contributed by atoms with E-state index in [2.05, 4.69) is 16.7 Å². The SMILES string of the molecule is CCN1CCCN(C[C@@H](O)CN)CC1. The predicted octanol–water partition coefficient (Wildman–Crippen LogP) is -0.666. The first-order chi connectivity index (χ1) is 6.76. The maximum Gasteiger partial charge on any atom is 0.0789 e. The van der Waals surface area contributed by atoms with Crippen molar-refractivity contribution in [3.05, 3.63) is 0 Å². The molecule has 1 aliphatic rings. The van der Waals surface area contributed by atoms with E-state index in [4.69, 9.17) is 5.73 Å². The van der Waals surface area contributed by atoms with Crippen molar-refractivity contribution in [2.75, 3.05) is 45.8 Å². The minimum Gasteiger partial charge on any atom is -0.390 e. The van der Waals surface area contributed by atoms with Gasteiger partial charge < -0.3 is 15.7 Å². The molecule has 3 N–H and O–H groups in total. The van der Waals surface area contributed by atoms with Gasteiger partial charge in [-0.1, -0.05) is 6.92 Å². The number of nitrogens with zero attached hydrogens (tertiary/aromatic N) is 2. The fraction of sp³-hybridized carbons (Fsp3) is 1.00. The molecule has 0 aromatic heterocycles. The zero-order valence-corrected chi connectivity index (χ0v) is 9.15. The molecule has 1 atom stereocenters. The second-order valence-electron chi connectivity index (χ2n) is 3.98. The van der Waals surface area contributed by atoms with E-state index in [-0.39, 0.29) is 6.10 Å². The van der Waals surface area contributed by atoms with Crippen LogP contribution in [0.2, 0.25) is 0 Å². The van der Waals surface area contributed by atoms with Crippen LogP contribution in [-0.2, 0) is 0 Å². The van der Waals surface area contributed by atoms with Crippen LogP contribution in [0.4, 0.5) is 0 Å². The Hall–Kier alpha value is -0.160. The number of aliphatic hydroxyl groups is 1. The number of likely N-dealkylation sites (N-methyl/N-ethyl adjacent to an activating group) is 1. The van der Waals surface area contributed by atoms with Crippen LogP contribution >= 0.6 is 0 Å². The van der Waals surface area contributed by atoms with Gasteiger partial charge in [0.2, 0.25) is 0 Å². The molecule has 0 bridgehead atoms. The topological polar surface area (TPSA) is 52.7 Å². The molecule has 0 aliphatic carbocycles. The first-order valence-electron chi connectivity index (χ1n) is 5.59. The Kier molecular flexibility index (Phi) is 5.40. The van der Waals surface area contributed by atoms with Gasteiger partial charge >= 0.3 is 0 Å². The molecule has 1 aliphatic heterocycles. The summed E-state index contributed by atoms with van der Waals surface area (Å²) in [6.45, 7) is 8.89. The Morgan fingerprint density at radius 2 is 1.86 bits per heavy atom. The monoisotopic (exact) mass is 201 g/mol. The third-order valence-corrected chi connectivity index (χ3v) is 2.87. The van der Waals surface area contributed by atoms with Crippen LogP contribution in [0.25, 0.3) is 0 Å². The third kappa shape index (κ3) is 3.92. The van der Waals surface area contributed by atoms with Gasteiger partial charge in [0.25, 0.3) is 0 Å². The van der Waals surface area contributed by atoms with Crippen LogP contribution in [0.5, 0.6) is 0 Å². The summed E-state index contributed by atoms with van der Waals surface area (Å²) in [5.74, 6) is 0. The van der Waals surface area contributed by atoms with E-state index in [9.17, 15) is 5.11 Å². The Bertz CT molecular complexity index is 154. The Labute approximate surface area is 86.7 Å². The fourth-order valence-corrected chi connectivity index (χ4v) is 1.90. The first-order valence-corrected chi connectivity index (χ1v) is 5.59. The van der Waals surface area contributed by atoms with Crippen molar-refractivity contribution in [2.45, 2.75) is 19.4 Å². The molecule has 1 saturated heterocycles. The van der Waals surface area contributed by atoms with Crippen molar-refractivity contribution < 1.29 is 5.11 Å². The zero-order valence-electron chi connectivity index (χ0n) is 9.15. The van der Waals surface area contributed by atoms with Crippen molar-refractivity contribution in [3.63, 3.8) is 0 Å². The molecule has 0 spiro atoms. The van der Waals surface area contributed by atoms with E-state index < -0.39 is 0 Å². The third-order valence-electron chi connectivity index (χ3n) is 2.87. The highest BCUT2D eigenvalue weighted by molar-refractivity contribution is 4.71. The van der Waals surface area contributed by atoms with Gasteiger partial charge in [-0.15, -0.1) is 0 Å². The Balaban J connectivity index is 2.27. The first kappa shape index (κ1) is 11.9. The molecular formula is C10H23N3O. The minimum atomic E-state index is -0.358. The quantitative estimate of drug-likeness (QED) is 0.634. The molecule has 14 heavy (non-hydrogen) atoms. The summed E-state index contributed by atoms with van der Waals surface area (Å²) < 4.78 is 0. The average molecular weight is 201 g/mol. The second kappa shape index (κ2) is 6.35. The summed E-state index contributed by atoms with van der Waals surface area (Å²) in [4.78, 5) is 4.77. The highest BCUT2D eigenvalue weighted by Gasteiger charge is 2.15. The van der Waals surface area contributed by atoms with Crippen LogP contribution < -0.4 is 5.73 Å². The van der Waals surface area contributed by atoms with Gasteiger partial charge in [0.05, 0.1) is 6.10 Å². The van der Waals surface area contributed by atoms with Gasteiger partial charge in [0.1, 0.15) is 0 Å². The van der Waals surface area contributed by atoms with Crippen molar-refractivity contribution in [3.8, 4) is 0 Å². The maximum atomic E-state index is 9.44. The number of hydrogen-bond donors (Lipinski definition) is 2. The normalized spacial score (nSPS) is 23.4. The maximum absolute atomic E-state index is 9.44. The molecule has 0 saturated carbocycles. The van der Waals surface area contributed by atoms with E-state index in [0.717, 1.165) is 32.7 Å². The Morgan fingerprint density at radius 1 is 1.21 bits per heavy atom. The van der Waals surface area contributed by atoms with E-state index in [1.54, 1.807) is 0 Å². The van der Waals surface area contributed by atoms with E-state index >= 15 is 0 Å². The molecular weight excluding hydrogens is 178 g/mol. The van der Waals surface area contributed by atoms with E-state index in [1.165, 1.54) is 13.0 Å². The van der Waals surface area contributed by atoms with Gasteiger partial charge in [-0.05, 0) is 26.1 Å². The van der Waals surface area contributed by atoms with E-state index in [0.29, 0.717) is 6.54 Å². The smallest absolute Gasteiger partial charge is 0.0789 e. The van der Waals surface area contributed by atoms with Crippen molar-refractivity contribution in [2.24, 2.45) is 5.73 Å². The number of β-amino-alcohol motifs (C(OH)–C–C–N with tert-alkyl or cyclic N) is 1. The van der Waals surface area contributed by atoms with Gasteiger partial charge in [-0.2, -0.15) is 0 Å². The van der Waals surface area contributed by atoms with Crippen molar-refractivity contribution >= 4 is 0 Å². The highest BCUT2D eigenvalue weighted by atomic mass is 16.3. The summed E-state index contributed by atoms with van der Waals surface area (Å²) in [6.07, 6.45) is 0.841. The van der Waals surface area contributed by atoms with Gasteiger partial charge in [0.15, 0.2) is 0 Å². The van der Waals surface area contributed by atoms with Crippen LogP contribution in [0.1, 0.15) is 13.3 Å². The fourth-order valence-electron chi connectivity index (χ4n) is 1.90. The van der Waals surface area contributed by atoms with Crippen LogP contribution in [-0.4, -0.2) is 66.8 Å². The standard InChI is InChI=1S/C10H23N3O/c1-2-12-4-3-5-13(7-6-12)9-10(14)8-11/h10,14H,2-9,11H2,1H3/t10-/m0/s1. The molecule has 1 rings (SSSR count). The molecule has 84 valence electrons. The summed E-state index contributed by atoms with van der Waals surface area (Å²) in [7, 11) is 0. The molecule has 0 amide bonds. The average Bonchev–Trinajstić information content (AvgIpc) is 2.43. The lowest BCUT2D eigenvalue weighted by Gasteiger charge is -2.22. The van der Waals surface area contributed by atoms with Crippen LogP contribution in [0, 0.1) is 0 Å². The Morgan fingerprint density at radius 3 is 2.50 bits per heavy atom. The molecule has 4 heteroatoms. The largest absolute Gasteiger partial charge is 0.390 e. The second-order valence-corrected chi connectivity index (χ2v) is 3.98. The predicted molar refractivity (Wildman–Crippen MR) is 58.2 cm³/mol. The summed E-state index contributed by atoms with van der Waals surface area (Å²) in [6, 6.07) is 0. The lowest BCUT2D eigenvalue weighted by Crippen LogP contribution is -2.38. The van der Waals surface area contributed by atoms with E-state index in [1.807, 2.05) is 0 Å². The van der Waals surface area contributed by atoms with Crippen molar-refractivity contribution in [1.29, 1.82) is 0 Å². The molecule has 4 nitrogen and oxygen atoms in total. The molecule has 0 aromatic carbocycles. The number of nitrogens with two attached hydrogens (primary N) is 1. The lowest BCUT2D eigenvalue weighted by molar-refractivity contribution is 0.120. The number of rotatable bonds is 4. The van der Waals surface area contributed by atoms with Gasteiger partial charge in [-0.25, -0.2) is 0 Å². The van der Waals surface area contributed by atoms with Crippen LogP contribution in [0.3, 0.4) is 0 Å². The molecule has 0 aromatic rings. The van der Waals surface area contributed by atoms with Crippen molar-refractivity contribution in [1.82, 2.24) is 9.80 Å². The molecule has 1 heterocycles. The molecule has 0 unspecified atom stereocenters. The zero-order chi connectivity index (χ0) is 10.4. The van der Waals surface area contributed by atoms with Gasteiger partial charge in [0, 0.05) is 26.2 Å². The summed E-state index contributed by atoms with van der Waals surface area (Å²) in [5.41, 5.74) is 5.39. The van der Waals surface area contributed by atoms with Gasteiger partial charge in [-0.3, -0.25) is 4.90 Å².